The van der Waals surface area contributed by atoms with Crippen LogP contribution in [-0.4, -0.2) is 36.2 Å². The SMILES string of the molecule is C[C@@H]1CN(c2ccccc2)[C@H](CC(=O)O)CN1. The summed E-state index contributed by atoms with van der Waals surface area (Å²) in [4.78, 5) is 13.1. The fourth-order valence-corrected chi connectivity index (χ4v) is 2.28. The summed E-state index contributed by atoms with van der Waals surface area (Å²) in [5, 5.41) is 12.3. The molecule has 0 aromatic heterocycles. The van der Waals surface area contributed by atoms with E-state index in [4.69, 9.17) is 5.11 Å². The Labute approximate surface area is 101 Å². The molecule has 1 heterocycles. The molecule has 4 heteroatoms. The Kier molecular flexibility index (Phi) is 3.64. The van der Waals surface area contributed by atoms with Gasteiger partial charge in [0.1, 0.15) is 0 Å². The number of piperazine rings is 1. The van der Waals surface area contributed by atoms with Crippen molar-refractivity contribution in [2.45, 2.75) is 25.4 Å². The fourth-order valence-electron chi connectivity index (χ4n) is 2.28. The molecule has 0 bridgehead atoms. The van der Waals surface area contributed by atoms with Gasteiger partial charge in [-0.2, -0.15) is 0 Å². The predicted octanol–water partition coefficient (Wildman–Crippen LogP) is 1.33. The molecule has 0 unspecified atom stereocenters. The van der Waals surface area contributed by atoms with E-state index in [1.165, 1.54) is 0 Å². The van der Waals surface area contributed by atoms with Gasteiger partial charge in [0.05, 0.1) is 12.5 Å². The summed E-state index contributed by atoms with van der Waals surface area (Å²) in [5.74, 6) is -0.743. The van der Waals surface area contributed by atoms with Crippen LogP contribution in [0.3, 0.4) is 0 Å². The van der Waals surface area contributed by atoms with Gasteiger partial charge in [-0.1, -0.05) is 18.2 Å². The summed E-state index contributed by atoms with van der Waals surface area (Å²) in [7, 11) is 0. The number of nitrogens with one attached hydrogen (secondary N) is 1. The van der Waals surface area contributed by atoms with Crippen LogP contribution in [0.1, 0.15) is 13.3 Å². The standard InChI is InChI=1S/C13H18N2O2/c1-10-9-15(11-5-3-2-4-6-11)12(8-14-10)7-13(16)17/h2-6,10,12,14H,7-9H2,1H3,(H,16,17)/t10-,12-/m1/s1. The molecular weight excluding hydrogens is 216 g/mol. The molecule has 0 aliphatic carbocycles. The van der Waals surface area contributed by atoms with Crippen molar-refractivity contribution in [3.63, 3.8) is 0 Å². The van der Waals surface area contributed by atoms with Crippen molar-refractivity contribution in [2.75, 3.05) is 18.0 Å². The van der Waals surface area contributed by atoms with Gasteiger partial charge in [0.25, 0.3) is 0 Å². The lowest BCUT2D eigenvalue weighted by molar-refractivity contribution is -0.137. The monoisotopic (exact) mass is 234 g/mol. The molecule has 1 aliphatic rings. The van der Waals surface area contributed by atoms with Crippen molar-refractivity contribution in [3.8, 4) is 0 Å². The Balaban J connectivity index is 2.17. The van der Waals surface area contributed by atoms with Crippen LogP contribution in [-0.2, 0) is 4.79 Å². The van der Waals surface area contributed by atoms with Crippen LogP contribution in [0.2, 0.25) is 0 Å². The molecule has 1 aliphatic heterocycles. The highest BCUT2D eigenvalue weighted by Gasteiger charge is 2.27. The molecule has 0 amide bonds. The summed E-state index contributed by atoms with van der Waals surface area (Å²) >= 11 is 0. The Morgan fingerprint density at radius 1 is 1.47 bits per heavy atom. The number of hydrogen-bond donors (Lipinski definition) is 2. The smallest absolute Gasteiger partial charge is 0.305 e. The molecule has 2 N–H and O–H groups in total. The quantitative estimate of drug-likeness (QED) is 0.828. The maximum absolute atomic E-state index is 10.9. The highest BCUT2D eigenvalue weighted by atomic mass is 16.4. The first-order valence-corrected chi connectivity index (χ1v) is 5.93. The maximum atomic E-state index is 10.9. The van der Waals surface area contributed by atoms with E-state index in [1.54, 1.807) is 0 Å². The minimum Gasteiger partial charge on any atom is -0.481 e. The van der Waals surface area contributed by atoms with Crippen LogP contribution in [0.15, 0.2) is 30.3 Å². The van der Waals surface area contributed by atoms with Gasteiger partial charge in [-0.15, -0.1) is 0 Å². The number of carboxylic acids is 1. The second-order valence-electron chi connectivity index (χ2n) is 4.55. The van der Waals surface area contributed by atoms with Gasteiger partial charge in [0.15, 0.2) is 0 Å². The van der Waals surface area contributed by atoms with E-state index in [0.29, 0.717) is 6.04 Å². The van der Waals surface area contributed by atoms with Gasteiger partial charge in [-0.05, 0) is 19.1 Å². The highest BCUT2D eigenvalue weighted by Crippen LogP contribution is 2.20. The zero-order chi connectivity index (χ0) is 12.3. The number of carbonyl (C=O) groups is 1. The predicted molar refractivity (Wildman–Crippen MR) is 67.3 cm³/mol. The second kappa shape index (κ2) is 5.19. The van der Waals surface area contributed by atoms with Crippen molar-refractivity contribution in [1.82, 2.24) is 5.32 Å². The molecule has 0 radical (unpaired) electrons. The summed E-state index contributed by atoms with van der Waals surface area (Å²) in [6.07, 6.45) is 0.175. The number of aliphatic carboxylic acids is 1. The van der Waals surface area contributed by atoms with E-state index < -0.39 is 5.97 Å². The number of carboxylic acid groups (broad SMARTS) is 1. The molecule has 2 atom stereocenters. The van der Waals surface area contributed by atoms with Crippen LogP contribution in [0.4, 0.5) is 5.69 Å². The summed E-state index contributed by atoms with van der Waals surface area (Å²) in [6, 6.07) is 10.4. The lowest BCUT2D eigenvalue weighted by Gasteiger charge is -2.40. The third-order valence-corrected chi connectivity index (χ3v) is 3.11. The maximum Gasteiger partial charge on any atom is 0.305 e. The van der Waals surface area contributed by atoms with E-state index in [1.807, 2.05) is 30.3 Å². The molecular formula is C13H18N2O2. The van der Waals surface area contributed by atoms with Crippen molar-refractivity contribution in [3.05, 3.63) is 30.3 Å². The van der Waals surface area contributed by atoms with E-state index >= 15 is 0 Å². The topological polar surface area (TPSA) is 52.6 Å². The second-order valence-corrected chi connectivity index (χ2v) is 4.55. The summed E-state index contributed by atoms with van der Waals surface area (Å²) in [6.45, 7) is 3.69. The van der Waals surface area contributed by atoms with Crippen molar-refractivity contribution >= 4 is 11.7 Å². The van der Waals surface area contributed by atoms with Crippen LogP contribution in [0.25, 0.3) is 0 Å². The third kappa shape index (κ3) is 2.97. The van der Waals surface area contributed by atoms with Crippen molar-refractivity contribution < 1.29 is 9.90 Å². The average Bonchev–Trinajstić information content (AvgIpc) is 2.32. The lowest BCUT2D eigenvalue weighted by Crippen LogP contribution is -2.56. The summed E-state index contributed by atoms with van der Waals surface area (Å²) in [5.41, 5.74) is 1.10. The van der Waals surface area contributed by atoms with Gasteiger partial charge >= 0.3 is 5.97 Å². The minimum absolute atomic E-state index is 0.0334. The Hall–Kier alpha value is -1.55. The normalized spacial score (nSPS) is 24.6. The first kappa shape index (κ1) is 11.9. The molecule has 4 nitrogen and oxygen atoms in total. The molecule has 92 valence electrons. The van der Waals surface area contributed by atoms with Gasteiger partial charge in [0.2, 0.25) is 0 Å². The number of nitrogens with zero attached hydrogens (tertiary/aromatic N) is 1. The van der Waals surface area contributed by atoms with Crippen LogP contribution in [0.5, 0.6) is 0 Å². The zero-order valence-corrected chi connectivity index (χ0v) is 9.97. The number of para-hydroxylation sites is 1. The summed E-state index contributed by atoms with van der Waals surface area (Å²) < 4.78 is 0. The van der Waals surface area contributed by atoms with E-state index in [9.17, 15) is 4.79 Å². The fraction of sp³-hybridized carbons (Fsp3) is 0.462. The van der Waals surface area contributed by atoms with Gasteiger partial charge in [-0.3, -0.25) is 4.79 Å². The molecule has 1 aromatic carbocycles. The molecule has 0 spiro atoms. The van der Waals surface area contributed by atoms with Crippen LogP contribution < -0.4 is 10.2 Å². The largest absolute Gasteiger partial charge is 0.481 e. The Bertz CT molecular complexity index is 380. The lowest BCUT2D eigenvalue weighted by atomic mass is 10.1. The van der Waals surface area contributed by atoms with Crippen LogP contribution >= 0.6 is 0 Å². The molecule has 1 fully saturated rings. The minimum atomic E-state index is -0.743. The number of hydrogen-bond acceptors (Lipinski definition) is 3. The van der Waals surface area contributed by atoms with Gasteiger partial charge < -0.3 is 15.3 Å². The molecule has 2 rings (SSSR count). The third-order valence-electron chi connectivity index (χ3n) is 3.11. The van der Waals surface area contributed by atoms with Crippen LogP contribution in [0, 0.1) is 0 Å². The highest BCUT2D eigenvalue weighted by molar-refractivity contribution is 5.68. The number of rotatable bonds is 3. The average molecular weight is 234 g/mol. The van der Waals surface area contributed by atoms with E-state index in [-0.39, 0.29) is 12.5 Å². The Morgan fingerprint density at radius 2 is 2.18 bits per heavy atom. The van der Waals surface area contributed by atoms with Gasteiger partial charge in [-0.25, -0.2) is 0 Å². The van der Waals surface area contributed by atoms with Crippen molar-refractivity contribution in [2.24, 2.45) is 0 Å². The first-order chi connectivity index (χ1) is 8.16. The zero-order valence-electron chi connectivity index (χ0n) is 9.97. The van der Waals surface area contributed by atoms with E-state index in [2.05, 4.69) is 17.1 Å². The molecule has 17 heavy (non-hydrogen) atoms. The van der Waals surface area contributed by atoms with Gasteiger partial charge in [0, 0.05) is 24.8 Å². The molecule has 1 saturated heterocycles. The molecule has 0 saturated carbocycles. The first-order valence-electron chi connectivity index (χ1n) is 5.93. The number of anilines is 1. The Morgan fingerprint density at radius 3 is 2.82 bits per heavy atom. The van der Waals surface area contributed by atoms with Crippen molar-refractivity contribution in [1.29, 1.82) is 0 Å². The number of benzene rings is 1. The van der Waals surface area contributed by atoms with E-state index in [0.717, 1.165) is 18.8 Å². The molecule has 1 aromatic rings.